The van der Waals surface area contributed by atoms with Gasteiger partial charge in [-0.2, -0.15) is 5.10 Å². The molecule has 0 spiro atoms. The highest BCUT2D eigenvalue weighted by Crippen LogP contribution is 2.39. The molecular weight excluding hydrogens is 602 g/mol. The summed E-state index contributed by atoms with van der Waals surface area (Å²) in [5.41, 5.74) is 4.58. The van der Waals surface area contributed by atoms with Gasteiger partial charge in [-0.05, 0) is 131 Å². The van der Waals surface area contributed by atoms with Crippen LogP contribution in [0.4, 0.5) is 10.6 Å². The molecule has 48 heavy (non-hydrogen) atoms. The van der Waals surface area contributed by atoms with Gasteiger partial charge in [0.25, 0.3) is 0 Å². The fourth-order valence-electron chi connectivity index (χ4n) is 7.75. The predicted octanol–water partition coefficient (Wildman–Crippen LogP) is 8.19. The van der Waals surface area contributed by atoms with E-state index in [-0.39, 0.29) is 30.1 Å². The van der Waals surface area contributed by atoms with Crippen LogP contribution in [0.3, 0.4) is 0 Å². The number of nitrogens with zero attached hydrogens (tertiary/aromatic N) is 5. The van der Waals surface area contributed by atoms with Gasteiger partial charge in [-0.1, -0.05) is 19.1 Å². The minimum absolute atomic E-state index is 0.110. The zero-order valence-corrected chi connectivity index (χ0v) is 29.4. The summed E-state index contributed by atoms with van der Waals surface area (Å²) >= 11 is 0. The summed E-state index contributed by atoms with van der Waals surface area (Å²) in [5, 5.41) is 4.54. The number of benzene rings is 1. The quantitative estimate of drug-likeness (QED) is 0.219. The van der Waals surface area contributed by atoms with E-state index in [4.69, 9.17) is 14.5 Å². The van der Waals surface area contributed by atoms with Crippen molar-refractivity contribution < 1.29 is 19.1 Å². The molecule has 0 N–H and O–H groups in total. The molecule has 1 aliphatic heterocycles. The third-order valence-corrected chi connectivity index (χ3v) is 11.0. The Hall–Kier alpha value is -3.88. The maximum Gasteiger partial charge on any atom is 0.410 e. The summed E-state index contributed by atoms with van der Waals surface area (Å²) in [6.07, 6.45) is 13.8. The topological polar surface area (TPSA) is 89.8 Å². The first kappa shape index (κ1) is 34.0. The molecule has 9 nitrogen and oxygen atoms in total. The first-order valence-corrected chi connectivity index (χ1v) is 18.1. The molecule has 2 amide bonds. The van der Waals surface area contributed by atoms with E-state index in [9.17, 15) is 9.59 Å². The van der Waals surface area contributed by atoms with Gasteiger partial charge in [-0.3, -0.25) is 14.4 Å². The Bertz CT molecular complexity index is 1550. The largest absolute Gasteiger partial charge is 0.496 e. The van der Waals surface area contributed by atoms with Crippen molar-refractivity contribution in [3.05, 3.63) is 60.0 Å². The molecule has 2 aliphatic carbocycles. The van der Waals surface area contributed by atoms with E-state index >= 15 is 0 Å². The van der Waals surface area contributed by atoms with Crippen molar-refractivity contribution in [1.29, 1.82) is 0 Å². The lowest BCUT2D eigenvalue weighted by Gasteiger charge is -2.39. The highest BCUT2D eigenvalue weighted by Gasteiger charge is 2.36. The molecule has 1 aromatic carbocycles. The fraction of sp³-hybridized carbons (Fsp3) is 0.590. The maximum atomic E-state index is 14.4. The van der Waals surface area contributed by atoms with Crippen LogP contribution < -0.4 is 9.64 Å². The molecule has 3 fully saturated rings. The van der Waals surface area contributed by atoms with Crippen LogP contribution in [0.1, 0.15) is 102 Å². The maximum absolute atomic E-state index is 14.4. The fourth-order valence-corrected chi connectivity index (χ4v) is 7.75. The van der Waals surface area contributed by atoms with E-state index in [1.807, 2.05) is 28.0 Å². The van der Waals surface area contributed by atoms with Crippen LogP contribution >= 0.6 is 0 Å². The molecule has 3 aromatic rings. The molecular formula is C39H53N5O4. The van der Waals surface area contributed by atoms with Crippen molar-refractivity contribution in [2.24, 2.45) is 17.8 Å². The van der Waals surface area contributed by atoms with Crippen molar-refractivity contribution in [3.63, 3.8) is 0 Å². The molecule has 2 saturated carbocycles. The Morgan fingerprint density at radius 3 is 2.35 bits per heavy atom. The molecule has 0 radical (unpaired) electrons. The number of carbonyl (C=O) groups is 2. The van der Waals surface area contributed by atoms with E-state index in [0.717, 1.165) is 87.8 Å². The molecule has 1 saturated heterocycles. The summed E-state index contributed by atoms with van der Waals surface area (Å²) in [5.74, 6) is 3.19. The summed E-state index contributed by atoms with van der Waals surface area (Å²) in [7, 11) is 1.72. The van der Waals surface area contributed by atoms with Gasteiger partial charge in [0.15, 0.2) is 0 Å². The average molecular weight is 656 g/mol. The number of methoxy groups -OCH3 is 1. The number of amides is 2. The first-order valence-electron chi connectivity index (χ1n) is 18.1. The van der Waals surface area contributed by atoms with Crippen molar-refractivity contribution in [3.8, 4) is 16.9 Å². The SMILES string of the molecule is CCC1CN(C(=O)OC2CCC(C(=O)N(CC3CCC(c4ccc(OC)c(C)c4)CC3)c3cc(-c4cnn(C(C)C)c4)ccn3)CC2)C1. The Morgan fingerprint density at radius 1 is 0.958 bits per heavy atom. The number of hydrogen-bond acceptors (Lipinski definition) is 6. The zero-order chi connectivity index (χ0) is 33.8. The second kappa shape index (κ2) is 15.1. The lowest BCUT2D eigenvalue weighted by atomic mass is 9.78. The molecule has 3 aliphatic rings. The summed E-state index contributed by atoms with van der Waals surface area (Å²) in [6, 6.07) is 10.9. The van der Waals surface area contributed by atoms with Crippen LogP contribution in [0, 0.1) is 24.7 Å². The van der Waals surface area contributed by atoms with E-state index in [2.05, 4.69) is 63.3 Å². The van der Waals surface area contributed by atoms with Crippen LogP contribution in [0.5, 0.6) is 5.75 Å². The van der Waals surface area contributed by atoms with E-state index in [1.165, 1.54) is 11.1 Å². The highest BCUT2D eigenvalue weighted by molar-refractivity contribution is 5.94. The molecule has 6 rings (SSSR count). The molecule has 0 unspecified atom stereocenters. The monoisotopic (exact) mass is 655 g/mol. The van der Waals surface area contributed by atoms with Crippen LogP contribution in [-0.4, -0.2) is 64.5 Å². The highest BCUT2D eigenvalue weighted by atomic mass is 16.6. The summed E-state index contributed by atoms with van der Waals surface area (Å²) < 4.78 is 13.3. The van der Waals surface area contributed by atoms with Gasteiger partial charge in [-0.15, -0.1) is 0 Å². The second-order valence-electron chi connectivity index (χ2n) is 14.6. The smallest absolute Gasteiger partial charge is 0.410 e. The normalized spacial score (nSPS) is 23.1. The van der Waals surface area contributed by atoms with Crippen LogP contribution in [0.25, 0.3) is 11.1 Å². The average Bonchev–Trinajstić information content (AvgIpc) is 3.58. The van der Waals surface area contributed by atoms with Gasteiger partial charge < -0.3 is 14.4 Å². The van der Waals surface area contributed by atoms with Gasteiger partial charge in [0.05, 0.1) is 13.3 Å². The molecule has 2 aromatic heterocycles. The van der Waals surface area contributed by atoms with Gasteiger partial charge in [0.1, 0.15) is 17.7 Å². The Labute approximate surface area is 286 Å². The molecule has 0 atom stereocenters. The second-order valence-corrected chi connectivity index (χ2v) is 14.6. The van der Waals surface area contributed by atoms with Gasteiger partial charge in [0.2, 0.25) is 5.91 Å². The Balaban J connectivity index is 1.14. The molecule has 9 heteroatoms. The number of pyridine rings is 1. The minimum Gasteiger partial charge on any atom is -0.496 e. The zero-order valence-electron chi connectivity index (χ0n) is 29.4. The summed E-state index contributed by atoms with van der Waals surface area (Å²) in [4.78, 5) is 35.6. The van der Waals surface area contributed by atoms with Crippen molar-refractivity contribution >= 4 is 17.8 Å². The number of aromatic nitrogens is 3. The molecule has 0 bridgehead atoms. The van der Waals surface area contributed by atoms with Crippen LogP contribution in [0.15, 0.2) is 48.9 Å². The van der Waals surface area contributed by atoms with Crippen LogP contribution in [-0.2, 0) is 9.53 Å². The van der Waals surface area contributed by atoms with Crippen molar-refractivity contribution in [2.45, 2.75) is 104 Å². The van der Waals surface area contributed by atoms with Gasteiger partial charge in [0, 0.05) is 49.6 Å². The lowest BCUT2D eigenvalue weighted by Crippen LogP contribution is -2.50. The number of rotatable bonds is 10. The molecule has 258 valence electrons. The van der Waals surface area contributed by atoms with Gasteiger partial charge in [-0.25, -0.2) is 9.78 Å². The standard InChI is InChI=1S/C39H53N5O4/c1-6-28-22-42(23-28)39(46)48-35-14-11-31(12-15-35)38(45)43(37-20-33(17-18-40-37)34-21-41-44(25-34)26(2)3)24-29-7-9-30(10-8-29)32-13-16-36(47-5)27(4)19-32/h13,16-21,25-26,28-31,35H,6-12,14-15,22-24H2,1-5H3. The number of ether oxygens (including phenoxy) is 2. The van der Waals surface area contributed by atoms with Gasteiger partial charge >= 0.3 is 6.09 Å². The third-order valence-electron chi connectivity index (χ3n) is 11.0. The van der Waals surface area contributed by atoms with E-state index < -0.39 is 0 Å². The van der Waals surface area contributed by atoms with Crippen molar-refractivity contribution in [1.82, 2.24) is 19.7 Å². The summed E-state index contributed by atoms with van der Waals surface area (Å²) in [6.45, 7) is 10.8. The van der Waals surface area contributed by atoms with E-state index in [1.54, 1.807) is 12.0 Å². The third kappa shape index (κ3) is 7.71. The Kier molecular flexibility index (Phi) is 10.7. The Morgan fingerprint density at radius 2 is 1.71 bits per heavy atom. The van der Waals surface area contributed by atoms with Crippen molar-refractivity contribution in [2.75, 3.05) is 31.6 Å². The minimum atomic E-state index is -0.196. The lowest BCUT2D eigenvalue weighted by molar-refractivity contribution is -0.124. The predicted molar refractivity (Wildman–Crippen MR) is 188 cm³/mol. The molecule has 3 heterocycles. The number of aryl methyl sites for hydroxylation is 1. The number of hydrogen-bond donors (Lipinski definition) is 0. The van der Waals surface area contributed by atoms with Crippen LogP contribution in [0.2, 0.25) is 0 Å². The number of likely N-dealkylation sites (tertiary alicyclic amines) is 1. The number of carbonyl (C=O) groups excluding carboxylic acids is 2. The number of anilines is 1. The van der Waals surface area contributed by atoms with E-state index in [0.29, 0.717) is 30.1 Å². The first-order chi connectivity index (χ1) is 23.2.